The molecule has 1 aromatic heterocycles. The Labute approximate surface area is 133 Å². The van der Waals surface area contributed by atoms with Crippen LogP contribution in [0.5, 0.6) is 0 Å². The van der Waals surface area contributed by atoms with E-state index in [4.69, 9.17) is 16.6 Å². The molecule has 0 radical (unpaired) electrons. The minimum Gasteiger partial charge on any atom is -0.328 e. The van der Waals surface area contributed by atoms with E-state index in [1.165, 1.54) is 24.8 Å². The summed E-state index contributed by atoms with van der Waals surface area (Å²) in [7, 11) is 0. The molecule has 0 aliphatic heterocycles. The first kappa shape index (κ1) is 14.4. The van der Waals surface area contributed by atoms with Gasteiger partial charge in [0.1, 0.15) is 5.82 Å². The van der Waals surface area contributed by atoms with E-state index in [-0.39, 0.29) is 0 Å². The third kappa shape index (κ3) is 2.75. The largest absolute Gasteiger partial charge is 0.328 e. The highest BCUT2D eigenvalue weighted by molar-refractivity contribution is 9.10. The summed E-state index contributed by atoms with van der Waals surface area (Å²) in [5.74, 6) is 3.36. The fourth-order valence-corrected chi connectivity index (χ4v) is 3.87. The zero-order chi connectivity index (χ0) is 14.1. The van der Waals surface area contributed by atoms with Crippen LogP contribution in [0.15, 0.2) is 22.7 Å². The maximum Gasteiger partial charge on any atom is 0.111 e. The van der Waals surface area contributed by atoms with Crippen LogP contribution in [0.4, 0.5) is 0 Å². The third-order valence-corrected chi connectivity index (χ3v) is 5.25. The predicted molar refractivity (Wildman–Crippen MR) is 88.4 cm³/mol. The van der Waals surface area contributed by atoms with Gasteiger partial charge in [-0.05, 0) is 36.5 Å². The molecule has 1 aliphatic rings. The fourth-order valence-electron chi connectivity index (χ4n) is 3.35. The summed E-state index contributed by atoms with van der Waals surface area (Å²) in [6.07, 6.45) is 4.92. The Morgan fingerprint density at radius 3 is 2.95 bits per heavy atom. The van der Waals surface area contributed by atoms with Crippen molar-refractivity contribution in [3.8, 4) is 0 Å². The molecule has 0 amide bonds. The molecule has 2 unspecified atom stereocenters. The average molecular weight is 356 g/mol. The van der Waals surface area contributed by atoms with Gasteiger partial charge in [0.15, 0.2) is 0 Å². The van der Waals surface area contributed by atoms with Crippen LogP contribution in [0.25, 0.3) is 11.0 Å². The fraction of sp³-hybridized carbons (Fsp3) is 0.562. The van der Waals surface area contributed by atoms with E-state index in [1.807, 2.05) is 0 Å². The van der Waals surface area contributed by atoms with Gasteiger partial charge in [-0.25, -0.2) is 4.98 Å². The van der Waals surface area contributed by atoms with Gasteiger partial charge >= 0.3 is 0 Å². The number of alkyl halides is 1. The molecule has 0 bridgehead atoms. The Morgan fingerprint density at radius 1 is 1.40 bits per heavy atom. The molecule has 108 valence electrons. The molecule has 1 aliphatic carbocycles. The summed E-state index contributed by atoms with van der Waals surface area (Å²) in [4.78, 5) is 4.77. The van der Waals surface area contributed by atoms with Gasteiger partial charge in [-0.15, -0.1) is 11.6 Å². The summed E-state index contributed by atoms with van der Waals surface area (Å²) in [5, 5.41) is 0. The van der Waals surface area contributed by atoms with Crippen LogP contribution in [0, 0.1) is 11.8 Å². The van der Waals surface area contributed by atoms with E-state index in [1.54, 1.807) is 0 Å². The second kappa shape index (κ2) is 6.07. The molecule has 20 heavy (non-hydrogen) atoms. The van der Waals surface area contributed by atoms with Crippen LogP contribution in [0.3, 0.4) is 0 Å². The van der Waals surface area contributed by atoms with E-state index in [2.05, 4.69) is 45.6 Å². The number of hydrogen-bond acceptors (Lipinski definition) is 1. The molecule has 2 nitrogen and oxygen atoms in total. The lowest BCUT2D eigenvalue weighted by atomic mass is 9.98. The molecule has 2 aromatic rings. The van der Waals surface area contributed by atoms with Crippen molar-refractivity contribution in [3.63, 3.8) is 0 Å². The average Bonchev–Trinajstić information content (AvgIpc) is 2.96. The van der Waals surface area contributed by atoms with Crippen LogP contribution in [-0.4, -0.2) is 15.4 Å². The van der Waals surface area contributed by atoms with E-state index < -0.39 is 0 Å². The number of rotatable bonds is 4. The summed E-state index contributed by atoms with van der Waals surface area (Å²) < 4.78 is 3.51. The van der Waals surface area contributed by atoms with Crippen molar-refractivity contribution in [3.05, 3.63) is 28.5 Å². The highest BCUT2D eigenvalue weighted by Crippen LogP contribution is 2.34. The van der Waals surface area contributed by atoms with Gasteiger partial charge in [0.2, 0.25) is 0 Å². The number of halogens is 2. The van der Waals surface area contributed by atoms with Crippen molar-refractivity contribution in [1.29, 1.82) is 0 Å². The molecule has 1 saturated carbocycles. The van der Waals surface area contributed by atoms with Crippen molar-refractivity contribution < 1.29 is 0 Å². The Balaban J connectivity index is 2.01. The van der Waals surface area contributed by atoms with Crippen molar-refractivity contribution in [2.75, 3.05) is 5.88 Å². The third-order valence-electron chi connectivity index (χ3n) is 4.56. The van der Waals surface area contributed by atoms with Crippen molar-refractivity contribution >= 4 is 38.6 Å². The molecule has 1 fully saturated rings. The van der Waals surface area contributed by atoms with Gasteiger partial charge in [0.05, 0.1) is 11.0 Å². The summed E-state index contributed by atoms with van der Waals surface area (Å²) in [6.45, 7) is 3.47. The van der Waals surface area contributed by atoms with Crippen LogP contribution in [0.2, 0.25) is 0 Å². The van der Waals surface area contributed by atoms with Crippen LogP contribution < -0.4 is 0 Å². The molecule has 1 aromatic carbocycles. The number of aryl methyl sites for hydroxylation is 1. The van der Waals surface area contributed by atoms with Gasteiger partial charge in [0, 0.05) is 23.3 Å². The quantitative estimate of drug-likeness (QED) is 0.704. The van der Waals surface area contributed by atoms with Crippen LogP contribution >= 0.6 is 27.5 Å². The van der Waals surface area contributed by atoms with Gasteiger partial charge in [-0.3, -0.25) is 0 Å². The van der Waals surface area contributed by atoms with E-state index in [0.29, 0.717) is 5.88 Å². The highest BCUT2D eigenvalue weighted by atomic mass is 79.9. The van der Waals surface area contributed by atoms with Crippen LogP contribution in [-0.2, 0) is 13.0 Å². The van der Waals surface area contributed by atoms with E-state index in [9.17, 15) is 0 Å². The second-order valence-corrected chi connectivity index (χ2v) is 7.17. The second-order valence-electron chi connectivity index (χ2n) is 5.88. The Morgan fingerprint density at radius 2 is 2.25 bits per heavy atom. The smallest absolute Gasteiger partial charge is 0.111 e. The minimum atomic E-state index is 0.630. The van der Waals surface area contributed by atoms with Crippen molar-refractivity contribution in [2.24, 2.45) is 11.8 Å². The summed E-state index contributed by atoms with van der Waals surface area (Å²) in [6, 6.07) is 6.33. The number of hydrogen-bond donors (Lipinski definition) is 0. The standard InChI is InChI=1S/C16H20BrClN2/c1-11-3-2-4-12(11)10-20-15-9-13(17)5-6-14(15)19-16(20)7-8-18/h5-6,9,11-12H,2-4,7-8,10H2,1H3. The molecular weight excluding hydrogens is 336 g/mol. The van der Waals surface area contributed by atoms with Gasteiger partial charge in [-0.2, -0.15) is 0 Å². The molecular formula is C16H20BrClN2. The first-order chi connectivity index (χ1) is 9.69. The van der Waals surface area contributed by atoms with Gasteiger partial charge in [0.25, 0.3) is 0 Å². The maximum atomic E-state index is 5.95. The number of imidazole rings is 1. The topological polar surface area (TPSA) is 17.8 Å². The Bertz CT molecular complexity index is 608. The van der Waals surface area contributed by atoms with Gasteiger partial charge in [-0.1, -0.05) is 35.7 Å². The molecule has 0 spiro atoms. The first-order valence-corrected chi connectivity index (χ1v) is 8.72. The first-order valence-electron chi connectivity index (χ1n) is 7.39. The van der Waals surface area contributed by atoms with E-state index in [0.717, 1.165) is 40.6 Å². The number of aromatic nitrogens is 2. The predicted octanol–water partition coefficient (Wildman–Crippen LogP) is 5.02. The maximum absolute atomic E-state index is 5.95. The van der Waals surface area contributed by atoms with Crippen LogP contribution in [0.1, 0.15) is 32.0 Å². The minimum absolute atomic E-state index is 0.630. The Kier molecular flexibility index (Phi) is 4.37. The number of nitrogens with zero attached hydrogens (tertiary/aromatic N) is 2. The van der Waals surface area contributed by atoms with Crippen molar-refractivity contribution in [2.45, 2.75) is 39.2 Å². The van der Waals surface area contributed by atoms with Gasteiger partial charge < -0.3 is 4.57 Å². The SMILES string of the molecule is CC1CCCC1Cn1c(CCCl)nc2ccc(Br)cc21. The zero-order valence-corrected chi connectivity index (χ0v) is 14.1. The lowest BCUT2D eigenvalue weighted by molar-refractivity contribution is 0.363. The lowest BCUT2D eigenvalue weighted by Crippen LogP contribution is -2.15. The molecule has 2 atom stereocenters. The highest BCUT2D eigenvalue weighted by Gasteiger charge is 2.25. The monoisotopic (exact) mass is 354 g/mol. The number of fused-ring (bicyclic) bond motifs is 1. The lowest BCUT2D eigenvalue weighted by Gasteiger charge is -2.18. The normalized spacial score (nSPS) is 22.8. The zero-order valence-electron chi connectivity index (χ0n) is 11.8. The molecule has 0 N–H and O–H groups in total. The molecule has 3 rings (SSSR count). The van der Waals surface area contributed by atoms with E-state index >= 15 is 0 Å². The molecule has 4 heteroatoms. The van der Waals surface area contributed by atoms with Crippen molar-refractivity contribution in [1.82, 2.24) is 9.55 Å². The molecule has 1 heterocycles. The Hall–Kier alpha value is -0.540. The number of benzene rings is 1. The summed E-state index contributed by atoms with van der Waals surface area (Å²) >= 11 is 9.52. The summed E-state index contributed by atoms with van der Waals surface area (Å²) in [5.41, 5.74) is 2.32. The molecule has 0 saturated heterocycles.